The average molecular weight is 596 g/mol. The average Bonchev–Trinajstić information content (AvgIpc) is 3.66. The molecule has 3 aliphatic heterocycles. The molecule has 228 valence electrons. The summed E-state index contributed by atoms with van der Waals surface area (Å²) in [4.78, 5) is 51.9. The fraction of sp³-hybridized carbons (Fsp3) is 0.625. The van der Waals surface area contributed by atoms with Gasteiger partial charge in [0.15, 0.2) is 10.9 Å². The minimum absolute atomic E-state index is 0.0215. The Hall–Kier alpha value is -2.82. The number of likely N-dealkylation sites (N-methyl/N-ethyl adjacent to an activating group) is 1. The molecule has 4 atom stereocenters. The van der Waals surface area contributed by atoms with Crippen molar-refractivity contribution in [3.05, 3.63) is 34.7 Å². The van der Waals surface area contributed by atoms with Gasteiger partial charge in [0.05, 0.1) is 17.7 Å². The van der Waals surface area contributed by atoms with Crippen molar-refractivity contribution in [2.45, 2.75) is 66.0 Å². The predicted molar refractivity (Wildman–Crippen MR) is 166 cm³/mol. The highest BCUT2D eigenvalue weighted by Gasteiger charge is 2.56. The molecule has 9 nitrogen and oxygen atoms in total. The number of nitrogens with two attached hydrogens (primary N) is 1. The third kappa shape index (κ3) is 5.61. The minimum atomic E-state index is -0.687. The van der Waals surface area contributed by atoms with Crippen LogP contribution in [0, 0.1) is 16.7 Å². The first kappa shape index (κ1) is 30.6. The number of ketones is 1. The maximum atomic E-state index is 14.7. The molecule has 0 bridgehead atoms. The Morgan fingerprint density at radius 3 is 2.45 bits per heavy atom. The van der Waals surface area contributed by atoms with Crippen LogP contribution >= 0.6 is 11.3 Å². The van der Waals surface area contributed by atoms with E-state index in [4.69, 9.17) is 15.5 Å². The summed E-state index contributed by atoms with van der Waals surface area (Å²) in [5.41, 5.74) is 7.80. The summed E-state index contributed by atoms with van der Waals surface area (Å²) in [7, 11) is 2.13. The molecule has 2 aromatic rings. The number of piperazine rings is 1. The smallest absolute Gasteiger partial charge is 0.249 e. The lowest BCUT2D eigenvalue weighted by Crippen LogP contribution is -2.47. The van der Waals surface area contributed by atoms with Crippen LogP contribution in [0.15, 0.2) is 23.6 Å². The Labute approximate surface area is 253 Å². The fourth-order valence-electron chi connectivity index (χ4n) is 6.63. The highest BCUT2D eigenvalue weighted by molar-refractivity contribution is 7.14. The Morgan fingerprint density at radius 1 is 1.14 bits per heavy atom. The van der Waals surface area contributed by atoms with Crippen LogP contribution in [0.3, 0.4) is 0 Å². The second-order valence-corrected chi connectivity index (χ2v) is 14.7. The van der Waals surface area contributed by atoms with Crippen LogP contribution in [0.2, 0.25) is 0 Å². The Balaban J connectivity index is 1.55. The molecule has 5 rings (SSSR count). The summed E-state index contributed by atoms with van der Waals surface area (Å²) >= 11 is 1.60. The minimum Gasteiger partial charge on any atom is -0.367 e. The van der Waals surface area contributed by atoms with Gasteiger partial charge in [-0.05, 0) is 42.0 Å². The second-order valence-electron chi connectivity index (χ2n) is 13.9. The molecule has 0 spiro atoms. The zero-order chi connectivity index (χ0) is 30.6. The van der Waals surface area contributed by atoms with Gasteiger partial charge in [-0.15, -0.1) is 11.3 Å². The number of carbonyl (C=O) groups excluding carboxylic acids is 3. The highest BCUT2D eigenvalue weighted by Crippen LogP contribution is 2.47. The molecule has 2 N–H and O–H groups in total. The summed E-state index contributed by atoms with van der Waals surface area (Å²) in [6, 6.07) is 4.90. The lowest BCUT2D eigenvalue weighted by Gasteiger charge is -2.38. The number of Topliss-reactive ketones (excluding diaryl/α,β-unsaturated/α-hetero) is 1. The number of fused-ring (bicyclic) bond motifs is 1. The van der Waals surface area contributed by atoms with Crippen LogP contribution < -0.4 is 10.6 Å². The van der Waals surface area contributed by atoms with Gasteiger partial charge in [0.1, 0.15) is 12.6 Å². The molecule has 3 fully saturated rings. The topological polar surface area (TPSA) is 109 Å². The van der Waals surface area contributed by atoms with Gasteiger partial charge in [0.2, 0.25) is 11.8 Å². The molecule has 3 saturated heterocycles. The SMILES string of the molecule is CCC(C)(C)[C@H](C(=O)N1C[C@H](C(C)(C)C)[C@H]2OCC(=O)[C@H]21)c1cc(-c2csc(N3CCN(C)CC3)n2)ccc1C(N)=O. The molecular formula is C32H45N5O4S. The molecule has 3 aliphatic rings. The first-order chi connectivity index (χ1) is 19.7. The standard InChI is InChI=1S/C32H45N5O4S/c1-8-32(5,6)25(29(40)37-16-22(31(2,3)4)27-26(37)24(38)17-41-27)21-15-19(9-10-20(21)28(33)39)23-18-42-30(34-23)36-13-11-35(7)12-14-36/h9-10,15,18,22,25-27H,8,11-14,16-17H2,1-7H3,(H2,33,39)/t22-,25-,26+,27+/m0/s1. The third-order valence-electron chi connectivity index (χ3n) is 9.71. The van der Waals surface area contributed by atoms with Gasteiger partial charge < -0.3 is 25.2 Å². The number of amides is 2. The van der Waals surface area contributed by atoms with Crippen LogP contribution in [0.4, 0.5) is 5.13 Å². The molecule has 10 heteroatoms. The molecule has 42 heavy (non-hydrogen) atoms. The number of ether oxygens (including phenoxy) is 1. The molecule has 1 aromatic carbocycles. The van der Waals surface area contributed by atoms with Gasteiger partial charge in [0.25, 0.3) is 0 Å². The number of hydrogen-bond donors (Lipinski definition) is 1. The van der Waals surface area contributed by atoms with E-state index in [1.54, 1.807) is 22.3 Å². The van der Waals surface area contributed by atoms with Crippen LogP contribution in [0.25, 0.3) is 11.3 Å². The number of rotatable bonds is 7. The van der Waals surface area contributed by atoms with E-state index in [-0.39, 0.29) is 35.7 Å². The van der Waals surface area contributed by atoms with E-state index in [1.807, 2.05) is 38.3 Å². The van der Waals surface area contributed by atoms with E-state index in [1.165, 1.54) is 0 Å². The number of carbonyl (C=O) groups is 3. The molecule has 0 aliphatic carbocycles. The van der Waals surface area contributed by atoms with Gasteiger partial charge in [0, 0.05) is 55.1 Å². The second kappa shape index (κ2) is 11.4. The number of nitrogens with zero attached hydrogens (tertiary/aromatic N) is 4. The summed E-state index contributed by atoms with van der Waals surface area (Å²) in [6.07, 6.45) is 0.363. The van der Waals surface area contributed by atoms with E-state index in [2.05, 4.69) is 37.6 Å². The van der Waals surface area contributed by atoms with Crippen molar-refractivity contribution in [1.82, 2.24) is 14.8 Å². The zero-order valence-corrected chi connectivity index (χ0v) is 26.8. The van der Waals surface area contributed by atoms with Gasteiger partial charge >= 0.3 is 0 Å². The van der Waals surface area contributed by atoms with Gasteiger partial charge in [-0.1, -0.05) is 47.6 Å². The number of anilines is 1. The summed E-state index contributed by atoms with van der Waals surface area (Å²) in [5, 5.41) is 3.00. The number of primary amides is 1. The Kier molecular flexibility index (Phi) is 8.28. The van der Waals surface area contributed by atoms with Crippen LogP contribution in [0.5, 0.6) is 0 Å². The van der Waals surface area contributed by atoms with Crippen molar-refractivity contribution in [2.24, 2.45) is 22.5 Å². The van der Waals surface area contributed by atoms with E-state index in [9.17, 15) is 14.4 Å². The number of benzene rings is 1. The van der Waals surface area contributed by atoms with E-state index in [0.717, 1.165) is 42.6 Å². The maximum Gasteiger partial charge on any atom is 0.249 e. The number of likely N-dealkylation sites (tertiary alicyclic amines) is 1. The monoisotopic (exact) mass is 595 g/mol. The van der Waals surface area contributed by atoms with Gasteiger partial charge in [-0.25, -0.2) is 4.98 Å². The van der Waals surface area contributed by atoms with Crippen molar-refractivity contribution in [3.8, 4) is 11.3 Å². The van der Waals surface area contributed by atoms with Crippen molar-refractivity contribution >= 4 is 34.1 Å². The number of aromatic nitrogens is 1. The van der Waals surface area contributed by atoms with Crippen molar-refractivity contribution in [2.75, 3.05) is 51.3 Å². The first-order valence-corrected chi connectivity index (χ1v) is 15.9. The van der Waals surface area contributed by atoms with Crippen LogP contribution in [-0.2, 0) is 14.3 Å². The van der Waals surface area contributed by atoms with Crippen LogP contribution in [-0.4, -0.2) is 90.9 Å². The van der Waals surface area contributed by atoms with Crippen LogP contribution in [0.1, 0.15) is 69.8 Å². The molecule has 0 unspecified atom stereocenters. The molecule has 1 aromatic heterocycles. The van der Waals surface area contributed by atoms with Crippen molar-refractivity contribution in [1.29, 1.82) is 0 Å². The lowest BCUT2D eigenvalue weighted by molar-refractivity contribution is -0.140. The van der Waals surface area contributed by atoms with Gasteiger partial charge in [-0.3, -0.25) is 14.4 Å². The summed E-state index contributed by atoms with van der Waals surface area (Å²) in [5.74, 6) is -1.46. The van der Waals surface area contributed by atoms with E-state index < -0.39 is 23.3 Å². The number of hydrogen-bond acceptors (Lipinski definition) is 8. The third-order valence-corrected chi connectivity index (χ3v) is 10.6. The fourth-order valence-corrected chi connectivity index (χ4v) is 7.52. The maximum absolute atomic E-state index is 14.7. The highest BCUT2D eigenvalue weighted by atomic mass is 32.1. The van der Waals surface area contributed by atoms with Crippen molar-refractivity contribution in [3.63, 3.8) is 0 Å². The normalized spacial score (nSPS) is 24.3. The lowest BCUT2D eigenvalue weighted by atomic mass is 9.70. The molecule has 4 heterocycles. The molecule has 0 radical (unpaired) electrons. The molecule has 2 amide bonds. The Morgan fingerprint density at radius 2 is 1.83 bits per heavy atom. The van der Waals surface area contributed by atoms with E-state index in [0.29, 0.717) is 24.1 Å². The zero-order valence-electron chi connectivity index (χ0n) is 26.0. The Bertz CT molecular complexity index is 1360. The molecule has 0 saturated carbocycles. The predicted octanol–water partition coefficient (Wildman–Crippen LogP) is 4.02. The largest absolute Gasteiger partial charge is 0.367 e. The number of thiazole rings is 1. The van der Waals surface area contributed by atoms with Gasteiger partial charge in [-0.2, -0.15) is 0 Å². The van der Waals surface area contributed by atoms with E-state index >= 15 is 0 Å². The summed E-state index contributed by atoms with van der Waals surface area (Å²) in [6.45, 7) is 16.8. The quantitative estimate of drug-likeness (QED) is 0.515. The first-order valence-electron chi connectivity index (χ1n) is 15.0. The molecular weight excluding hydrogens is 550 g/mol. The van der Waals surface area contributed by atoms with Crippen molar-refractivity contribution < 1.29 is 19.1 Å². The summed E-state index contributed by atoms with van der Waals surface area (Å²) < 4.78 is 5.97.